The highest BCUT2D eigenvalue weighted by atomic mass is 32.2. The topological polar surface area (TPSA) is 55.2 Å². The van der Waals surface area contributed by atoms with Crippen LogP contribution in [0.25, 0.3) is 0 Å². The number of nitrogens with zero attached hydrogens (tertiary/aromatic N) is 3. The van der Waals surface area contributed by atoms with Crippen LogP contribution >= 0.6 is 11.8 Å². The first-order valence-electron chi connectivity index (χ1n) is 8.79. The molecule has 2 aliphatic heterocycles. The molecule has 1 aliphatic carbocycles. The van der Waals surface area contributed by atoms with Gasteiger partial charge in [0.2, 0.25) is 5.91 Å². The number of aromatic nitrogens is 2. The fourth-order valence-corrected chi connectivity index (χ4v) is 5.11. The Balaban J connectivity index is 1.54. The highest BCUT2D eigenvalue weighted by Crippen LogP contribution is 2.34. The molecule has 1 unspecified atom stereocenters. The summed E-state index contributed by atoms with van der Waals surface area (Å²) in [5.41, 5.74) is 2.00. The first-order valence-corrected chi connectivity index (χ1v) is 9.77. The first-order chi connectivity index (χ1) is 11.2. The van der Waals surface area contributed by atoms with Crippen LogP contribution in [0.2, 0.25) is 0 Å². The molecule has 4 rings (SSSR count). The highest BCUT2D eigenvalue weighted by molar-refractivity contribution is 7.99. The third-order valence-corrected chi connectivity index (χ3v) is 6.34. The summed E-state index contributed by atoms with van der Waals surface area (Å²) >= 11 is 1.63. The Morgan fingerprint density at radius 3 is 2.70 bits per heavy atom. The standard InChI is InChI=1S/C17H23N3O2S/c21-15(19-8-3-1-2-4-9-19)10-12-11-23-17-18-14-7-5-6-13(14)16(22)20(12)17/h12H,1-11H2. The van der Waals surface area contributed by atoms with Crippen LogP contribution in [0.3, 0.4) is 0 Å². The average molecular weight is 333 g/mol. The van der Waals surface area contributed by atoms with E-state index in [1.54, 1.807) is 11.8 Å². The van der Waals surface area contributed by atoms with E-state index in [1.807, 2.05) is 9.47 Å². The molecule has 0 radical (unpaired) electrons. The van der Waals surface area contributed by atoms with Crippen molar-refractivity contribution in [3.05, 3.63) is 21.6 Å². The second-order valence-electron chi connectivity index (χ2n) is 6.81. The summed E-state index contributed by atoms with van der Waals surface area (Å²) in [6, 6.07) is -0.0170. The highest BCUT2D eigenvalue weighted by Gasteiger charge is 2.32. The minimum absolute atomic E-state index is 0.0170. The largest absolute Gasteiger partial charge is 0.343 e. The Kier molecular flexibility index (Phi) is 4.18. The molecule has 0 aromatic carbocycles. The van der Waals surface area contributed by atoms with E-state index in [1.165, 1.54) is 12.8 Å². The number of fused-ring (bicyclic) bond motifs is 2. The molecule has 1 atom stereocenters. The van der Waals surface area contributed by atoms with Gasteiger partial charge in [0, 0.05) is 30.8 Å². The van der Waals surface area contributed by atoms with Gasteiger partial charge >= 0.3 is 0 Å². The maximum Gasteiger partial charge on any atom is 0.257 e. The lowest BCUT2D eigenvalue weighted by Gasteiger charge is -2.22. The molecule has 1 aromatic rings. The van der Waals surface area contributed by atoms with E-state index in [4.69, 9.17) is 0 Å². The lowest BCUT2D eigenvalue weighted by molar-refractivity contribution is -0.131. The smallest absolute Gasteiger partial charge is 0.257 e. The molecule has 6 heteroatoms. The van der Waals surface area contributed by atoms with Gasteiger partial charge in [0.15, 0.2) is 5.16 Å². The molecule has 1 saturated heterocycles. The van der Waals surface area contributed by atoms with Gasteiger partial charge in [-0.25, -0.2) is 4.98 Å². The molecule has 124 valence electrons. The Bertz CT molecular complexity index is 677. The SMILES string of the molecule is O=C(CC1CSc2nc3c(c(=O)n21)CCC3)N1CCCCCC1. The summed E-state index contributed by atoms with van der Waals surface area (Å²) in [6.45, 7) is 1.76. The van der Waals surface area contributed by atoms with Crippen molar-refractivity contribution in [2.24, 2.45) is 0 Å². The van der Waals surface area contributed by atoms with Gasteiger partial charge in [-0.3, -0.25) is 14.2 Å². The minimum atomic E-state index is -0.0170. The average Bonchev–Trinajstić information content (AvgIpc) is 3.07. The van der Waals surface area contributed by atoms with Crippen LogP contribution in [0.5, 0.6) is 0 Å². The van der Waals surface area contributed by atoms with Crippen LogP contribution in [0.15, 0.2) is 9.95 Å². The van der Waals surface area contributed by atoms with Crippen molar-refractivity contribution in [2.45, 2.75) is 62.6 Å². The molecule has 23 heavy (non-hydrogen) atoms. The monoisotopic (exact) mass is 333 g/mol. The maximum absolute atomic E-state index is 12.8. The van der Waals surface area contributed by atoms with Crippen molar-refractivity contribution in [1.82, 2.24) is 14.5 Å². The summed E-state index contributed by atoms with van der Waals surface area (Å²) in [7, 11) is 0. The number of hydrogen-bond donors (Lipinski definition) is 0. The van der Waals surface area contributed by atoms with E-state index in [0.29, 0.717) is 6.42 Å². The fourth-order valence-electron chi connectivity index (χ4n) is 3.95. The van der Waals surface area contributed by atoms with E-state index in [-0.39, 0.29) is 17.5 Å². The van der Waals surface area contributed by atoms with E-state index >= 15 is 0 Å². The van der Waals surface area contributed by atoms with E-state index in [9.17, 15) is 9.59 Å². The first kappa shape index (κ1) is 15.2. The molecule has 5 nitrogen and oxygen atoms in total. The van der Waals surface area contributed by atoms with E-state index in [0.717, 1.165) is 67.4 Å². The van der Waals surface area contributed by atoms with Gasteiger partial charge in [-0.05, 0) is 32.1 Å². The fraction of sp³-hybridized carbons (Fsp3) is 0.706. The minimum Gasteiger partial charge on any atom is -0.343 e. The molecule has 0 N–H and O–H groups in total. The Morgan fingerprint density at radius 2 is 1.91 bits per heavy atom. The van der Waals surface area contributed by atoms with Crippen molar-refractivity contribution in [3.8, 4) is 0 Å². The lowest BCUT2D eigenvalue weighted by atomic mass is 10.2. The predicted molar refractivity (Wildman–Crippen MR) is 89.9 cm³/mol. The molecule has 1 aromatic heterocycles. The van der Waals surface area contributed by atoms with E-state index < -0.39 is 0 Å². The predicted octanol–water partition coefficient (Wildman–Crippen LogP) is 2.17. The Morgan fingerprint density at radius 1 is 1.13 bits per heavy atom. The summed E-state index contributed by atoms with van der Waals surface area (Å²) in [6.07, 6.45) is 7.91. The molecular formula is C17H23N3O2S. The number of carbonyl (C=O) groups is 1. The number of carbonyl (C=O) groups excluding carboxylic acids is 1. The van der Waals surface area contributed by atoms with Crippen LogP contribution in [0, 0.1) is 0 Å². The molecular weight excluding hydrogens is 310 g/mol. The molecule has 0 bridgehead atoms. The molecule has 3 aliphatic rings. The number of rotatable bonds is 2. The second-order valence-corrected chi connectivity index (χ2v) is 7.80. The van der Waals surface area contributed by atoms with Crippen LogP contribution in [-0.2, 0) is 17.6 Å². The molecule has 1 fully saturated rings. The van der Waals surface area contributed by atoms with Crippen molar-refractivity contribution < 1.29 is 4.79 Å². The Hall–Kier alpha value is -1.30. The van der Waals surface area contributed by atoms with Gasteiger partial charge in [0.1, 0.15) is 0 Å². The number of likely N-dealkylation sites (tertiary alicyclic amines) is 1. The molecule has 0 saturated carbocycles. The zero-order chi connectivity index (χ0) is 15.8. The molecule has 1 amide bonds. The quantitative estimate of drug-likeness (QED) is 0.779. The third kappa shape index (κ3) is 2.82. The summed E-state index contributed by atoms with van der Waals surface area (Å²) in [5, 5.41) is 0.823. The van der Waals surface area contributed by atoms with Crippen LogP contribution in [0.4, 0.5) is 0 Å². The number of hydrogen-bond acceptors (Lipinski definition) is 4. The van der Waals surface area contributed by atoms with Gasteiger partial charge in [0.25, 0.3) is 5.56 Å². The maximum atomic E-state index is 12.8. The summed E-state index contributed by atoms with van der Waals surface area (Å²) < 4.78 is 1.81. The van der Waals surface area contributed by atoms with Gasteiger partial charge in [-0.2, -0.15) is 0 Å². The third-order valence-electron chi connectivity index (χ3n) is 5.24. The van der Waals surface area contributed by atoms with Crippen molar-refractivity contribution >= 4 is 17.7 Å². The van der Waals surface area contributed by atoms with Gasteiger partial charge in [-0.1, -0.05) is 24.6 Å². The van der Waals surface area contributed by atoms with Crippen LogP contribution < -0.4 is 5.56 Å². The Labute approximate surface area is 140 Å². The van der Waals surface area contributed by atoms with Gasteiger partial charge < -0.3 is 4.90 Å². The number of amides is 1. The van der Waals surface area contributed by atoms with Crippen molar-refractivity contribution in [3.63, 3.8) is 0 Å². The van der Waals surface area contributed by atoms with Gasteiger partial charge in [0.05, 0.1) is 11.7 Å². The van der Waals surface area contributed by atoms with Gasteiger partial charge in [-0.15, -0.1) is 0 Å². The summed E-state index contributed by atoms with van der Waals surface area (Å²) in [4.78, 5) is 32.1. The molecule has 0 spiro atoms. The van der Waals surface area contributed by atoms with Crippen molar-refractivity contribution in [2.75, 3.05) is 18.8 Å². The number of thioether (sulfide) groups is 1. The number of aryl methyl sites for hydroxylation is 1. The lowest BCUT2D eigenvalue weighted by Crippen LogP contribution is -2.35. The van der Waals surface area contributed by atoms with E-state index in [2.05, 4.69) is 4.98 Å². The summed E-state index contributed by atoms with van der Waals surface area (Å²) in [5.74, 6) is 1.00. The normalized spacial score (nSPS) is 23.5. The van der Waals surface area contributed by atoms with Crippen LogP contribution in [0.1, 0.15) is 55.8 Å². The molecule has 3 heterocycles. The zero-order valence-corrected chi connectivity index (χ0v) is 14.2. The zero-order valence-electron chi connectivity index (χ0n) is 13.4. The second kappa shape index (κ2) is 6.30. The van der Waals surface area contributed by atoms with Crippen molar-refractivity contribution in [1.29, 1.82) is 0 Å². The van der Waals surface area contributed by atoms with Crippen LogP contribution in [-0.4, -0.2) is 39.2 Å².